The number of thiocarbonyl (C=S) groups is 1. The van der Waals surface area contributed by atoms with E-state index < -0.39 is 0 Å². The van der Waals surface area contributed by atoms with Crippen LogP contribution in [0.4, 0.5) is 5.69 Å². The Labute approximate surface area is 194 Å². The number of ether oxygens (including phenoxy) is 1. The molecule has 3 heterocycles. The lowest BCUT2D eigenvalue weighted by atomic mass is 10.1. The van der Waals surface area contributed by atoms with Crippen molar-refractivity contribution in [3.63, 3.8) is 0 Å². The van der Waals surface area contributed by atoms with Gasteiger partial charge in [-0.2, -0.15) is 0 Å². The molecule has 9 heteroatoms. The number of carbonyl (C=O) groups excluding carboxylic acids is 2. The molecule has 0 unspecified atom stereocenters. The predicted octanol–water partition coefficient (Wildman–Crippen LogP) is 4.03. The average Bonchev–Trinajstić information content (AvgIpc) is 3.32. The van der Waals surface area contributed by atoms with E-state index in [1.165, 1.54) is 11.8 Å². The third-order valence-corrected chi connectivity index (χ3v) is 6.56. The molecular formula is C23H20N4O3S2. The molecule has 0 aliphatic carbocycles. The highest BCUT2D eigenvalue weighted by atomic mass is 32.2. The zero-order valence-corrected chi connectivity index (χ0v) is 19.1. The first-order valence-corrected chi connectivity index (χ1v) is 11.4. The molecule has 0 bridgehead atoms. The lowest BCUT2D eigenvalue weighted by Gasteiger charge is -2.29. The summed E-state index contributed by atoms with van der Waals surface area (Å²) >= 11 is 6.28. The molecule has 162 valence electrons. The van der Waals surface area contributed by atoms with Gasteiger partial charge in [0, 0.05) is 6.04 Å². The van der Waals surface area contributed by atoms with Crippen LogP contribution in [0, 0.1) is 0 Å². The number of hydrogen-bond donors (Lipinski definition) is 1. The fourth-order valence-electron chi connectivity index (χ4n) is 3.82. The summed E-state index contributed by atoms with van der Waals surface area (Å²) in [6.45, 7) is 4.63. The Balaban J connectivity index is 1.47. The molecule has 32 heavy (non-hydrogen) atoms. The van der Waals surface area contributed by atoms with Gasteiger partial charge in [-0.1, -0.05) is 36.1 Å². The topological polar surface area (TPSA) is 76.5 Å². The van der Waals surface area contributed by atoms with E-state index in [1.54, 1.807) is 11.0 Å². The first-order valence-electron chi connectivity index (χ1n) is 10.2. The monoisotopic (exact) mass is 464 g/mol. The second-order valence-electron chi connectivity index (χ2n) is 7.92. The van der Waals surface area contributed by atoms with Crippen LogP contribution >= 0.6 is 24.0 Å². The molecule has 2 aromatic carbocycles. The molecule has 1 fully saturated rings. The van der Waals surface area contributed by atoms with Gasteiger partial charge >= 0.3 is 0 Å². The fraction of sp³-hybridized carbons (Fsp3) is 0.217. The van der Waals surface area contributed by atoms with Crippen molar-refractivity contribution in [3.8, 4) is 5.75 Å². The van der Waals surface area contributed by atoms with Gasteiger partial charge in [0.1, 0.15) is 10.1 Å². The largest absolute Gasteiger partial charge is 0.482 e. The van der Waals surface area contributed by atoms with Crippen molar-refractivity contribution < 1.29 is 14.3 Å². The maximum absolute atomic E-state index is 12.7. The summed E-state index contributed by atoms with van der Waals surface area (Å²) in [5.41, 5.74) is 4.41. The lowest BCUT2D eigenvalue weighted by molar-refractivity contribution is -0.121. The van der Waals surface area contributed by atoms with Crippen LogP contribution < -0.4 is 15.0 Å². The summed E-state index contributed by atoms with van der Waals surface area (Å²) in [5, 5.41) is 2.61. The summed E-state index contributed by atoms with van der Waals surface area (Å²) in [6, 6.07) is 12.0. The number of hydrogen-bond acceptors (Lipinski definition) is 6. The Morgan fingerprint density at radius 3 is 2.84 bits per heavy atom. The van der Waals surface area contributed by atoms with Crippen molar-refractivity contribution in [1.29, 1.82) is 0 Å². The minimum Gasteiger partial charge on any atom is -0.482 e. The second-order valence-corrected chi connectivity index (χ2v) is 9.64. The van der Waals surface area contributed by atoms with Crippen LogP contribution in [0.2, 0.25) is 0 Å². The molecule has 1 aromatic heterocycles. The Bertz CT molecular complexity index is 1310. The van der Waals surface area contributed by atoms with Crippen LogP contribution in [0.3, 0.4) is 0 Å². The third kappa shape index (κ3) is 3.78. The number of benzene rings is 2. The number of fused-ring (bicyclic) bond motifs is 2. The molecule has 1 saturated heterocycles. The van der Waals surface area contributed by atoms with Crippen molar-refractivity contribution in [2.75, 3.05) is 11.5 Å². The number of thioether (sulfide) groups is 1. The van der Waals surface area contributed by atoms with Gasteiger partial charge in [0.15, 0.2) is 6.61 Å². The molecule has 5 rings (SSSR count). The Hall–Kier alpha value is -3.17. The number of nitrogens with one attached hydrogen (secondary N) is 1. The van der Waals surface area contributed by atoms with E-state index in [4.69, 9.17) is 17.0 Å². The highest BCUT2D eigenvalue weighted by molar-refractivity contribution is 8.26. The maximum atomic E-state index is 12.7. The van der Waals surface area contributed by atoms with E-state index >= 15 is 0 Å². The first kappa shape index (κ1) is 20.7. The standard InChI is InChI=1S/C23H20N4O3S2/c1-13(2)27-12-24-16-7-15(3-5-17(16)27)10-26-18-8-14(4-6-19(18)30-11-21(26)28)9-20-22(29)25-23(31)32-20/h3-9,12-13H,10-11H2,1-2H3,(H,25,29,31). The molecule has 0 spiro atoms. The molecule has 2 aliphatic heterocycles. The highest BCUT2D eigenvalue weighted by Gasteiger charge is 2.27. The van der Waals surface area contributed by atoms with Gasteiger partial charge in [-0.15, -0.1) is 0 Å². The van der Waals surface area contributed by atoms with E-state index in [0.29, 0.717) is 33.2 Å². The lowest BCUT2D eigenvalue weighted by Crippen LogP contribution is -2.38. The van der Waals surface area contributed by atoms with Crippen LogP contribution in [0.25, 0.3) is 17.1 Å². The van der Waals surface area contributed by atoms with Crippen molar-refractivity contribution in [3.05, 3.63) is 58.8 Å². The van der Waals surface area contributed by atoms with Gasteiger partial charge in [0.05, 0.1) is 34.5 Å². The van der Waals surface area contributed by atoms with Gasteiger partial charge in [-0.3, -0.25) is 9.59 Å². The number of amides is 2. The number of aromatic nitrogens is 2. The van der Waals surface area contributed by atoms with E-state index in [0.717, 1.165) is 22.2 Å². The quantitative estimate of drug-likeness (QED) is 0.464. The van der Waals surface area contributed by atoms with Crippen molar-refractivity contribution in [2.45, 2.75) is 26.4 Å². The van der Waals surface area contributed by atoms with Gasteiger partial charge < -0.3 is 19.5 Å². The molecule has 7 nitrogen and oxygen atoms in total. The summed E-state index contributed by atoms with van der Waals surface area (Å²) < 4.78 is 8.20. The van der Waals surface area contributed by atoms with Crippen molar-refractivity contribution >= 4 is 62.9 Å². The Kier molecular flexibility index (Phi) is 5.22. The maximum Gasteiger partial charge on any atom is 0.265 e. The van der Waals surface area contributed by atoms with Gasteiger partial charge in [0.25, 0.3) is 11.8 Å². The molecule has 1 N–H and O–H groups in total. The van der Waals surface area contributed by atoms with Gasteiger partial charge in [0.2, 0.25) is 0 Å². The third-order valence-electron chi connectivity index (χ3n) is 5.40. The molecule has 2 amide bonds. The molecule has 0 radical (unpaired) electrons. The minimum atomic E-state index is -0.212. The Morgan fingerprint density at radius 1 is 1.25 bits per heavy atom. The molecule has 3 aromatic rings. The predicted molar refractivity (Wildman–Crippen MR) is 130 cm³/mol. The van der Waals surface area contributed by atoms with Crippen LogP contribution in [0.1, 0.15) is 31.0 Å². The minimum absolute atomic E-state index is 0.00974. The summed E-state index contributed by atoms with van der Waals surface area (Å²) in [5.74, 6) is 0.302. The summed E-state index contributed by atoms with van der Waals surface area (Å²) in [6.07, 6.45) is 3.61. The average molecular weight is 465 g/mol. The van der Waals surface area contributed by atoms with E-state index in [9.17, 15) is 9.59 Å². The van der Waals surface area contributed by atoms with E-state index in [1.807, 2.05) is 42.7 Å². The number of anilines is 1. The van der Waals surface area contributed by atoms with Gasteiger partial charge in [-0.25, -0.2) is 4.98 Å². The zero-order valence-electron chi connectivity index (χ0n) is 17.5. The molecule has 0 saturated carbocycles. The van der Waals surface area contributed by atoms with Crippen LogP contribution in [0.5, 0.6) is 5.75 Å². The molecular weight excluding hydrogens is 444 g/mol. The van der Waals surface area contributed by atoms with Gasteiger partial charge in [-0.05, 0) is 55.3 Å². The number of carbonyl (C=O) groups is 2. The van der Waals surface area contributed by atoms with Crippen LogP contribution in [-0.4, -0.2) is 32.3 Å². The van der Waals surface area contributed by atoms with Crippen LogP contribution in [-0.2, 0) is 16.1 Å². The summed E-state index contributed by atoms with van der Waals surface area (Å²) in [4.78, 5) is 31.5. The van der Waals surface area contributed by atoms with Crippen molar-refractivity contribution in [1.82, 2.24) is 14.9 Å². The summed E-state index contributed by atoms with van der Waals surface area (Å²) in [7, 11) is 0. The zero-order chi connectivity index (χ0) is 22.4. The number of nitrogens with zero attached hydrogens (tertiary/aromatic N) is 3. The normalized spacial score (nSPS) is 17.3. The molecule has 2 aliphatic rings. The van der Waals surface area contributed by atoms with Crippen molar-refractivity contribution in [2.24, 2.45) is 0 Å². The highest BCUT2D eigenvalue weighted by Crippen LogP contribution is 2.36. The smallest absolute Gasteiger partial charge is 0.265 e. The second kappa shape index (κ2) is 8.07. The first-order chi connectivity index (χ1) is 15.4. The number of imidazole rings is 1. The van der Waals surface area contributed by atoms with E-state index in [-0.39, 0.29) is 18.4 Å². The SMILES string of the molecule is CC(C)n1cnc2cc(CN3C(=O)COc4ccc(C=C5SC(=S)NC5=O)cc43)ccc21. The van der Waals surface area contributed by atoms with E-state index in [2.05, 4.69) is 28.7 Å². The molecule has 0 atom stereocenters. The Morgan fingerprint density at radius 2 is 2.09 bits per heavy atom. The number of rotatable bonds is 4. The van der Waals surface area contributed by atoms with Crippen LogP contribution in [0.15, 0.2) is 47.6 Å². The fourth-order valence-corrected chi connectivity index (χ4v) is 4.87.